The second kappa shape index (κ2) is 5.67. The molecule has 0 nitrogen and oxygen atoms in total. The molecule has 0 aliphatic heterocycles. The van der Waals surface area contributed by atoms with Crippen molar-refractivity contribution in [2.75, 3.05) is 0 Å². The molecule has 0 aromatic heterocycles. The standard InChI is InChI=1S/4ClH.Co/h4*1H;/q;;;;+3/p-3. The van der Waals surface area contributed by atoms with Gasteiger partial charge in [0.2, 0.25) is 0 Å². The molecule has 0 rings (SSSR count). The van der Waals surface area contributed by atoms with Gasteiger partial charge in [0.15, 0.2) is 0 Å². The number of halogens is 4. The Morgan fingerprint density at radius 3 is 1.00 bits per heavy atom. The van der Waals surface area contributed by atoms with Crippen molar-refractivity contribution in [3.63, 3.8) is 0 Å². The van der Waals surface area contributed by atoms with Gasteiger partial charge in [0.05, 0.1) is 0 Å². The molecule has 0 N–H and O–H groups in total. The van der Waals surface area contributed by atoms with E-state index in [0.717, 1.165) is 0 Å². The van der Waals surface area contributed by atoms with Crippen LogP contribution in [0, 0.1) is 0 Å². The van der Waals surface area contributed by atoms with E-state index < -0.39 is 10.9 Å². The molecule has 0 heterocycles. The summed E-state index contributed by atoms with van der Waals surface area (Å²) in [7, 11) is 13.4. The Morgan fingerprint density at radius 2 is 1.00 bits per heavy atom. The van der Waals surface area contributed by atoms with Crippen LogP contribution in [0.5, 0.6) is 0 Å². The van der Waals surface area contributed by atoms with E-state index in [1.165, 1.54) is 0 Å². The molecule has 0 aromatic carbocycles. The van der Waals surface area contributed by atoms with Crippen LogP contribution in [-0.4, -0.2) is 0 Å². The SMILES string of the molecule is Cl.[Cl][Co]([Cl])[Cl]. The van der Waals surface area contributed by atoms with Crippen LogP contribution < -0.4 is 0 Å². The quantitative estimate of drug-likeness (QED) is 0.565. The van der Waals surface area contributed by atoms with Crippen LogP contribution in [0.25, 0.3) is 0 Å². The maximum atomic E-state index is 4.87. The summed E-state index contributed by atoms with van der Waals surface area (Å²) in [6.07, 6.45) is 0. The van der Waals surface area contributed by atoms with Gasteiger partial charge in [0.1, 0.15) is 0 Å². The first kappa shape index (κ1) is 9.83. The summed E-state index contributed by atoms with van der Waals surface area (Å²) < 4.78 is 0. The van der Waals surface area contributed by atoms with Crippen molar-refractivity contribution < 1.29 is 10.9 Å². The Kier molecular flexibility index (Phi) is 11.1. The molecule has 0 aromatic rings. The molecule has 5 heavy (non-hydrogen) atoms. The minimum atomic E-state index is -1.19. The molecule has 0 fully saturated rings. The van der Waals surface area contributed by atoms with Gasteiger partial charge >= 0.3 is 41.4 Å². The zero-order valence-corrected chi connectivity index (χ0v) is 6.00. The topological polar surface area (TPSA) is 0 Å². The van der Waals surface area contributed by atoms with Crippen LogP contribution in [0.15, 0.2) is 0 Å². The van der Waals surface area contributed by atoms with Crippen molar-refractivity contribution in [1.29, 1.82) is 0 Å². The molecule has 0 aliphatic rings. The second-order valence-corrected chi connectivity index (χ2v) is 5.30. The molecule has 0 unspecified atom stereocenters. The molecule has 0 amide bonds. The fraction of sp³-hybridized carbons (Fsp3) is 0. The van der Waals surface area contributed by atoms with Gasteiger partial charge in [-0.25, -0.2) is 0 Å². The molecule has 0 saturated heterocycles. The number of rotatable bonds is 0. The molecular weight excluding hydrogens is 201 g/mol. The molecule has 38 valence electrons. The van der Waals surface area contributed by atoms with Crippen molar-refractivity contribution in [3.8, 4) is 0 Å². The van der Waals surface area contributed by atoms with E-state index in [1.807, 2.05) is 0 Å². The Bertz CT molecular complexity index is 8.36. The number of hydrogen-bond donors (Lipinski definition) is 0. The van der Waals surface area contributed by atoms with Crippen LogP contribution >= 0.6 is 42.8 Å². The van der Waals surface area contributed by atoms with Crippen LogP contribution in [-0.2, 0) is 10.9 Å². The molecule has 0 aliphatic carbocycles. The van der Waals surface area contributed by atoms with E-state index in [1.54, 1.807) is 0 Å². The summed E-state index contributed by atoms with van der Waals surface area (Å²) in [6.45, 7) is 0. The Hall–Kier alpha value is 1.67. The third-order valence-electron chi connectivity index (χ3n) is 0. The fourth-order valence-electron chi connectivity index (χ4n) is 0. The first-order chi connectivity index (χ1) is 1.73. The zero-order chi connectivity index (χ0) is 3.58. The fourth-order valence-corrected chi connectivity index (χ4v) is 0. The average molecular weight is 202 g/mol. The Morgan fingerprint density at radius 1 is 1.00 bits per heavy atom. The monoisotopic (exact) mass is 200 g/mol. The van der Waals surface area contributed by atoms with Crippen LogP contribution in [0.2, 0.25) is 0 Å². The van der Waals surface area contributed by atoms with Crippen LogP contribution in [0.3, 0.4) is 0 Å². The summed E-state index contributed by atoms with van der Waals surface area (Å²) in [4.78, 5) is 0. The van der Waals surface area contributed by atoms with Crippen molar-refractivity contribution in [2.24, 2.45) is 0 Å². The summed E-state index contributed by atoms with van der Waals surface area (Å²) in [5, 5.41) is 0. The summed E-state index contributed by atoms with van der Waals surface area (Å²) in [5.41, 5.74) is 0. The van der Waals surface area contributed by atoms with Gasteiger partial charge in [-0.05, 0) is 0 Å². The van der Waals surface area contributed by atoms with Gasteiger partial charge in [0.25, 0.3) is 0 Å². The van der Waals surface area contributed by atoms with Gasteiger partial charge in [-0.15, -0.1) is 12.4 Å². The Balaban J connectivity index is 0. The van der Waals surface area contributed by atoms with Gasteiger partial charge in [0, 0.05) is 0 Å². The van der Waals surface area contributed by atoms with Gasteiger partial charge in [-0.2, -0.15) is 0 Å². The predicted molar refractivity (Wildman–Crippen MR) is 24.8 cm³/mol. The van der Waals surface area contributed by atoms with Gasteiger partial charge in [-0.1, -0.05) is 0 Å². The van der Waals surface area contributed by atoms with E-state index in [2.05, 4.69) is 0 Å². The predicted octanol–water partition coefficient (Wildman–Crippen LogP) is 2.49. The first-order valence-corrected chi connectivity index (χ1v) is 4.68. The molecule has 0 atom stereocenters. The Labute approximate surface area is 53.7 Å². The molecule has 5 heteroatoms. The summed E-state index contributed by atoms with van der Waals surface area (Å²) >= 11 is 0. The van der Waals surface area contributed by atoms with Crippen LogP contribution in [0.1, 0.15) is 0 Å². The van der Waals surface area contributed by atoms with Crippen molar-refractivity contribution in [3.05, 3.63) is 0 Å². The first-order valence-electron chi connectivity index (χ1n) is 0.378. The second-order valence-electron chi connectivity index (χ2n) is 0.143. The number of hydrogen-bond acceptors (Lipinski definition) is 0. The van der Waals surface area contributed by atoms with E-state index in [4.69, 9.17) is 30.4 Å². The van der Waals surface area contributed by atoms with Crippen molar-refractivity contribution in [2.45, 2.75) is 0 Å². The molecule has 0 radical (unpaired) electrons. The zero-order valence-electron chi connectivity index (χ0n) is 1.88. The van der Waals surface area contributed by atoms with Gasteiger partial charge in [-0.3, -0.25) is 0 Å². The molecule has 0 bridgehead atoms. The van der Waals surface area contributed by atoms with E-state index in [9.17, 15) is 0 Å². The van der Waals surface area contributed by atoms with E-state index >= 15 is 0 Å². The molecule has 0 spiro atoms. The molecule has 0 saturated carbocycles. The minimum absolute atomic E-state index is 0. The molecular formula is HCl4Co. The third-order valence-corrected chi connectivity index (χ3v) is 0. The normalized spacial score (nSPS) is 9.00. The third kappa shape index (κ3) is 27.4. The summed E-state index contributed by atoms with van der Waals surface area (Å²) in [5.74, 6) is 0. The van der Waals surface area contributed by atoms with Crippen molar-refractivity contribution in [1.82, 2.24) is 0 Å². The van der Waals surface area contributed by atoms with Gasteiger partial charge < -0.3 is 0 Å². The average Bonchev–Trinajstić information content (AvgIpc) is 0.811. The maximum absolute atomic E-state index is 4.87. The van der Waals surface area contributed by atoms with Crippen molar-refractivity contribution >= 4 is 42.8 Å². The van der Waals surface area contributed by atoms with E-state index in [-0.39, 0.29) is 12.4 Å². The van der Waals surface area contributed by atoms with E-state index in [0.29, 0.717) is 0 Å². The summed E-state index contributed by atoms with van der Waals surface area (Å²) in [6, 6.07) is 0. The van der Waals surface area contributed by atoms with Crippen LogP contribution in [0.4, 0.5) is 0 Å².